The Morgan fingerprint density at radius 1 is 1.22 bits per heavy atom. The normalized spacial score (nSPS) is 33.9. The fraction of sp³-hybridized carbons (Fsp3) is 0.792. The molecule has 0 saturated heterocycles. The van der Waals surface area contributed by atoms with Crippen molar-refractivity contribution in [3.05, 3.63) is 10.6 Å². The monoisotopic (exact) mass is 463 g/mol. The molecule has 7 nitrogen and oxygen atoms in total. The van der Waals surface area contributed by atoms with Gasteiger partial charge in [-0.1, -0.05) is 13.8 Å². The van der Waals surface area contributed by atoms with E-state index in [1.807, 2.05) is 25.7 Å². The highest BCUT2D eigenvalue weighted by Crippen LogP contribution is 2.63. The van der Waals surface area contributed by atoms with Crippen LogP contribution in [0.3, 0.4) is 0 Å². The predicted molar refractivity (Wildman–Crippen MR) is 124 cm³/mol. The first-order valence-electron chi connectivity index (χ1n) is 12.0. The number of hydrogen-bond donors (Lipinski definition) is 3. The number of carbonyl (C=O) groups excluding carboxylic acids is 2. The molecule has 178 valence electrons. The van der Waals surface area contributed by atoms with Crippen molar-refractivity contribution in [2.75, 3.05) is 25.0 Å². The van der Waals surface area contributed by atoms with Crippen LogP contribution in [0.1, 0.15) is 76.3 Å². The molecule has 32 heavy (non-hydrogen) atoms. The van der Waals surface area contributed by atoms with E-state index < -0.39 is 11.5 Å². The molecule has 1 aromatic rings. The van der Waals surface area contributed by atoms with Crippen LogP contribution in [0.4, 0.5) is 5.13 Å². The zero-order valence-electron chi connectivity index (χ0n) is 19.7. The summed E-state index contributed by atoms with van der Waals surface area (Å²) in [5.41, 5.74) is 0.0260. The second-order valence-corrected chi connectivity index (χ2v) is 11.5. The lowest BCUT2D eigenvalue weighted by Crippen LogP contribution is -2.57. The molecule has 5 atom stereocenters. The SMILES string of the molecule is CCN(CC)C(=O)CC1c2nc(NC(=O)C3CC3)sc2CC2C(C)(CO)C(O)CCC12C. The molecule has 0 bridgehead atoms. The first kappa shape index (κ1) is 23.6. The number of aliphatic hydroxyl groups excluding tert-OH is 2. The van der Waals surface area contributed by atoms with Gasteiger partial charge < -0.3 is 20.4 Å². The molecule has 0 aromatic carbocycles. The standard InChI is InChI=1S/C24H37N3O4S/c1-5-27(6-2)19(30)11-15-20-16(32-22(25-20)26-21(31)14-7-8-14)12-17-23(15,3)10-9-18(29)24(17,4)13-28/h14-15,17-18,28-29H,5-13H2,1-4H3,(H,25,26,31). The summed E-state index contributed by atoms with van der Waals surface area (Å²) in [4.78, 5) is 33.4. The quantitative estimate of drug-likeness (QED) is 0.576. The van der Waals surface area contributed by atoms with E-state index in [4.69, 9.17) is 4.98 Å². The van der Waals surface area contributed by atoms with Gasteiger partial charge in [0.15, 0.2) is 5.13 Å². The molecule has 0 spiro atoms. The van der Waals surface area contributed by atoms with Crippen LogP contribution >= 0.6 is 11.3 Å². The van der Waals surface area contributed by atoms with Crippen LogP contribution in [-0.4, -0.2) is 57.7 Å². The number of aliphatic hydroxyl groups is 2. The molecule has 3 N–H and O–H groups in total. The van der Waals surface area contributed by atoms with Gasteiger partial charge >= 0.3 is 0 Å². The summed E-state index contributed by atoms with van der Waals surface area (Å²) < 4.78 is 0. The van der Waals surface area contributed by atoms with Crippen LogP contribution in [0.25, 0.3) is 0 Å². The number of rotatable bonds is 7. The Labute approximate surface area is 194 Å². The summed E-state index contributed by atoms with van der Waals surface area (Å²) in [6.07, 6.45) is 3.74. The van der Waals surface area contributed by atoms with Crippen molar-refractivity contribution in [2.45, 2.75) is 78.2 Å². The molecule has 5 unspecified atom stereocenters. The van der Waals surface area contributed by atoms with Gasteiger partial charge in [0, 0.05) is 41.6 Å². The summed E-state index contributed by atoms with van der Waals surface area (Å²) >= 11 is 1.50. The van der Waals surface area contributed by atoms with E-state index in [1.165, 1.54) is 11.3 Å². The van der Waals surface area contributed by atoms with Crippen LogP contribution in [-0.2, 0) is 16.0 Å². The number of thiazole rings is 1. The van der Waals surface area contributed by atoms with Crippen molar-refractivity contribution < 1.29 is 19.8 Å². The fourth-order valence-electron chi connectivity index (χ4n) is 6.13. The maximum absolute atomic E-state index is 13.2. The van der Waals surface area contributed by atoms with Crippen LogP contribution in [0.2, 0.25) is 0 Å². The molecule has 1 heterocycles. The second kappa shape index (κ2) is 8.69. The van der Waals surface area contributed by atoms with Crippen molar-refractivity contribution in [1.29, 1.82) is 0 Å². The molecule has 4 rings (SSSR count). The third kappa shape index (κ3) is 3.88. The van der Waals surface area contributed by atoms with Gasteiger partial charge in [-0.3, -0.25) is 9.59 Å². The zero-order valence-corrected chi connectivity index (χ0v) is 20.5. The maximum atomic E-state index is 13.2. The van der Waals surface area contributed by atoms with Crippen molar-refractivity contribution in [3.63, 3.8) is 0 Å². The number of nitrogens with one attached hydrogen (secondary N) is 1. The number of anilines is 1. The summed E-state index contributed by atoms with van der Waals surface area (Å²) in [7, 11) is 0. The van der Waals surface area contributed by atoms with E-state index in [2.05, 4.69) is 12.2 Å². The minimum Gasteiger partial charge on any atom is -0.396 e. The summed E-state index contributed by atoms with van der Waals surface area (Å²) in [5, 5.41) is 24.8. The molecular formula is C24H37N3O4S. The average molecular weight is 464 g/mol. The van der Waals surface area contributed by atoms with Gasteiger partial charge in [-0.2, -0.15) is 0 Å². The summed E-state index contributed by atoms with van der Waals surface area (Å²) in [6.45, 7) is 9.42. The zero-order chi connectivity index (χ0) is 23.3. The molecule has 8 heteroatoms. The Morgan fingerprint density at radius 2 is 1.91 bits per heavy atom. The maximum Gasteiger partial charge on any atom is 0.229 e. The molecule has 2 amide bonds. The van der Waals surface area contributed by atoms with Gasteiger partial charge in [-0.25, -0.2) is 4.98 Å². The summed E-state index contributed by atoms with van der Waals surface area (Å²) in [6, 6.07) is 0. The van der Waals surface area contributed by atoms with E-state index in [9.17, 15) is 19.8 Å². The Balaban J connectivity index is 1.73. The van der Waals surface area contributed by atoms with Crippen molar-refractivity contribution in [1.82, 2.24) is 9.88 Å². The molecule has 3 aliphatic carbocycles. The number of fused-ring (bicyclic) bond motifs is 2. The highest BCUT2D eigenvalue weighted by Gasteiger charge is 2.59. The predicted octanol–water partition coefficient (Wildman–Crippen LogP) is 3.17. The van der Waals surface area contributed by atoms with Gasteiger partial charge in [-0.05, 0) is 57.3 Å². The smallest absolute Gasteiger partial charge is 0.229 e. The minimum absolute atomic E-state index is 0.0261. The van der Waals surface area contributed by atoms with Gasteiger partial charge in [0.2, 0.25) is 11.8 Å². The molecule has 0 aliphatic heterocycles. The first-order chi connectivity index (χ1) is 15.2. The molecule has 3 aliphatic rings. The second-order valence-electron chi connectivity index (χ2n) is 10.4. The molecular weight excluding hydrogens is 426 g/mol. The van der Waals surface area contributed by atoms with Crippen molar-refractivity contribution >= 4 is 28.3 Å². The lowest BCUT2D eigenvalue weighted by Gasteiger charge is -2.58. The van der Waals surface area contributed by atoms with E-state index in [0.717, 1.165) is 29.8 Å². The first-order valence-corrected chi connectivity index (χ1v) is 12.9. The van der Waals surface area contributed by atoms with E-state index in [1.54, 1.807) is 0 Å². The van der Waals surface area contributed by atoms with Crippen LogP contribution in [0, 0.1) is 22.7 Å². The summed E-state index contributed by atoms with van der Waals surface area (Å²) in [5.74, 6) is 0.167. The third-order valence-corrected chi connectivity index (χ3v) is 9.58. The van der Waals surface area contributed by atoms with Gasteiger partial charge in [0.05, 0.1) is 18.4 Å². The topological polar surface area (TPSA) is 103 Å². The Bertz CT molecular complexity index is 881. The van der Waals surface area contributed by atoms with E-state index >= 15 is 0 Å². The highest BCUT2D eigenvalue weighted by atomic mass is 32.1. The Hall–Kier alpha value is -1.51. The number of hydrogen-bond acceptors (Lipinski definition) is 6. The molecule has 2 saturated carbocycles. The van der Waals surface area contributed by atoms with Gasteiger partial charge in [0.1, 0.15) is 0 Å². The Kier molecular flexibility index (Phi) is 6.42. The van der Waals surface area contributed by atoms with Crippen molar-refractivity contribution in [3.8, 4) is 0 Å². The minimum atomic E-state index is -0.636. The fourth-order valence-corrected chi connectivity index (χ4v) is 7.20. The number of amides is 2. The lowest BCUT2D eigenvalue weighted by atomic mass is 9.47. The van der Waals surface area contributed by atoms with Crippen LogP contribution < -0.4 is 5.32 Å². The van der Waals surface area contributed by atoms with E-state index in [0.29, 0.717) is 37.5 Å². The molecule has 2 fully saturated rings. The van der Waals surface area contributed by atoms with Gasteiger partial charge in [-0.15, -0.1) is 11.3 Å². The largest absolute Gasteiger partial charge is 0.396 e. The van der Waals surface area contributed by atoms with Crippen LogP contribution in [0.5, 0.6) is 0 Å². The lowest BCUT2D eigenvalue weighted by molar-refractivity contribution is -0.147. The molecule has 1 aromatic heterocycles. The van der Waals surface area contributed by atoms with Crippen LogP contribution in [0.15, 0.2) is 0 Å². The number of aromatic nitrogens is 1. The number of carbonyl (C=O) groups is 2. The highest BCUT2D eigenvalue weighted by molar-refractivity contribution is 7.15. The van der Waals surface area contributed by atoms with Crippen molar-refractivity contribution in [2.24, 2.45) is 22.7 Å². The van der Waals surface area contributed by atoms with E-state index in [-0.39, 0.29) is 41.6 Å². The van der Waals surface area contributed by atoms with Gasteiger partial charge in [0.25, 0.3) is 0 Å². The Morgan fingerprint density at radius 3 is 2.50 bits per heavy atom. The third-order valence-electron chi connectivity index (χ3n) is 8.57. The average Bonchev–Trinajstić information content (AvgIpc) is 3.54. The molecule has 0 radical (unpaired) electrons. The number of nitrogens with zero attached hydrogens (tertiary/aromatic N) is 2.